The summed E-state index contributed by atoms with van der Waals surface area (Å²) in [6.07, 6.45) is 12.1. The number of aliphatic hydroxyl groups excluding tert-OH is 1. The highest BCUT2D eigenvalue weighted by atomic mass is 16.3. The summed E-state index contributed by atoms with van der Waals surface area (Å²) in [7, 11) is 1.94. The molecule has 23 heavy (non-hydrogen) atoms. The molecule has 0 aliphatic heterocycles. The van der Waals surface area contributed by atoms with E-state index in [0.29, 0.717) is 25.7 Å². The second-order valence-corrected chi connectivity index (χ2v) is 6.50. The molecule has 0 spiro atoms. The van der Waals surface area contributed by atoms with Crippen LogP contribution in [0.15, 0.2) is 12.4 Å². The van der Waals surface area contributed by atoms with Crippen LogP contribution in [0.25, 0.3) is 0 Å². The highest BCUT2D eigenvalue weighted by Crippen LogP contribution is 2.17. The maximum Gasteiger partial charge on any atom is 0.234 e. The van der Waals surface area contributed by atoms with Gasteiger partial charge >= 0.3 is 0 Å². The molecule has 2 rings (SSSR count). The molecule has 6 heteroatoms. The minimum Gasteiger partial charge on any atom is -0.395 e. The highest BCUT2D eigenvalue weighted by Gasteiger charge is 2.17. The van der Waals surface area contributed by atoms with E-state index in [9.17, 15) is 9.90 Å². The van der Waals surface area contributed by atoms with E-state index in [1.165, 1.54) is 32.1 Å². The first-order valence-electron chi connectivity index (χ1n) is 8.78. The molecule has 0 atom stereocenters. The number of imidazole rings is 1. The van der Waals surface area contributed by atoms with E-state index in [-0.39, 0.29) is 12.5 Å². The first-order chi connectivity index (χ1) is 11.2. The van der Waals surface area contributed by atoms with Gasteiger partial charge in [-0.3, -0.25) is 9.69 Å². The third kappa shape index (κ3) is 6.31. The number of amides is 1. The Morgan fingerprint density at radius 3 is 2.65 bits per heavy atom. The monoisotopic (exact) mass is 322 g/mol. The molecule has 0 saturated heterocycles. The van der Waals surface area contributed by atoms with Gasteiger partial charge in [-0.25, -0.2) is 4.98 Å². The molecule has 130 valence electrons. The van der Waals surface area contributed by atoms with Gasteiger partial charge in [0, 0.05) is 32.0 Å². The molecule has 0 aromatic carbocycles. The van der Waals surface area contributed by atoms with E-state index in [0.717, 1.165) is 18.7 Å². The summed E-state index contributed by atoms with van der Waals surface area (Å²) in [5, 5.41) is 12.4. The Morgan fingerprint density at radius 2 is 2.04 bits per heavy atom. The van der Waals surface area contributed by atoms with Gasteiger partial charge in [0.05, 0.1) is 19.7 Å². The van der Waals surface area contributed by atoms with Crippen molar-refractivity contribution in [2.45, 2.75) is 57.5 Å². The molecule has 1 heterocycles. The fraction of sp³-hybridized carbons (Fsp3) is 0.765. The topological polar surface area (TPSA) is 70.4 Å². The number of hydrogen-bond donors (Lipinski definition) is 2. The van der Waals surface area contributed by atoms with Crippen LogP contribution in [-0.2, 0) is 18.4 Å². The normalized spacial score (nSPS) is 17.0. The van der Waals surface area contributed by atoms with E-state index >= 15 is 0 Å². The van der Waals surface area contributed by atoms with Crippen LogP contribution in [0.4, 0.5) is 0 Å². The van der Waals surface area contributed by atoms with Crippen LogP contribution in [0.3, 0.4) is 0 Å². The summed E-state index contributed by atoms with van der Waals surface area (Å²) >= 11 is 0. The maximum atomic E-state index is 12.3. The molecule has 0 radical (unpaired) electrons. The molecule has 0 unspecified atom stereocenters. The van der Waals surface area contributed by atoms with Gasteiger partial charge in [0.15, 0.2) is 0 Å². The zero-order chi connectivity index (χ0) is 16.5. The molecule has 2 N–H and O–H groups in total. The molecule has 1 aromatic heterocycles. The van der Waals surface area contributed by atoms with Gasteiger partial charge in [0.25, 0.3) is 0 Å². The molecule has 1 saturated carbocycles. The average Bonchev–Trinajstić information content (AvgIpc) is 2.87. The number of carbonyl (C=O) groups is 1. The predicted octanol–water partition coefficient (Wildman–Crippen LogP) is 1.44. The Kier molecular flexibility index (Phi) is 7.55. The van der Waals surface area contributed by atoms with Crippen LogP contribution in [0, 0.1) is 0 Å². The Balaban J connectivity index is 1.83. The molecule has 6 nitrogen and oxygen atoms in total. The zero-order valence-corrected chi connectivity index (χ0v) is 14.2. The van der Waals surface area contributed by atoms with Crippen molar-refractivity contribution in [3.63, 3.8) is 0 Å². The minimum absolute atomic E-state index is 0.0428. The van der Waals surface area contributed by atoms with Crippen LogP contribution in [-0.4, -0.2) is 51.2 Å². The first-order valence-corrected chi connectivity index (χ1v) is 8.78. The lowest BCUT2D eigenvalue weighted by Gasteiger charge is -2.24. The minimum atomic E-state index is 0.0428. The van der Waals surface area contributed by atoms with Gasteiger partial charge in [-0.1, -0.05) is 32.1 Å². The van der Waals surface area contributed by atoms with Crippen molar-refractivity contribution in [1.82, 2.24) is 19.8 Å². The van der Waals surface area contributed by atoms with E-state index in [1.807, 2.05) is 22.7 Å². The standard InChI is InChI=1S/C17H30N4O2/c1-20-10-9-18-16(20)13-21(11-12-22)14-17(23)19-15-7-5-3-2-4-6-8-15/h9-10,15,22H,2-8,11-14H2,1H3,(H,19,23). The third-order valence-corrected chi connectivity index (χ3v) is 4.54. The summed E-state index contributed by atoms with van der Waals surface area (Å²) in [6.45, 7) is 1.40. The number of aliphatic hydroxyl groups is 1. The fourth-order valence-electron chi connectivity index (χ4n) is 3.18. The van der Waals surface area contributed by atoms with Crippen LogP contribution in [0.5, 0.6) is 0 Å². The lowest BCUT2D eigenvalue weighted by Crippen LogP contribution is -2.43. The summed E-state index contributed by atoms with van der Waals surface area (Å²) in [6, 6.07) is 0.312. The summed E-state index contributed by atoms with van der Waals surface area (Å²) in [4.78, 5) is 18.6. The van der Waals surface area contributed by atoms with Crippen molar-refractivity contribution in [1.29, 1.82) is 0 Å². The van der Waals surface area contributed by atoms with E-state index in [1.54, 1.807) is 6.20 Å². The van der Waals surface area contributed by atoms with Gasteiger partial charge in [-0.15, -0.1) is 0 Å². The molecular formula is C17H30N4O2. The Labute approximate surface area is 138 Å². The van der Waals surface area contributed by atoms with Gasteiger partial charge < -0.3 is 15.0 Å². The number of carbonyl (C=O) groups excluding carboxylic acids is 1. The number of hydrogen-bond acceptors (Lipinski definition) is 4. The lowest BCUT2D eigenvalue weighted by molar-refractivity contribution is -0.123. The number of aromatic nitrogens is 2. The summed E-state index contributed by atoms with van der Waals surface area (Å²) in [5.74, 6) is 0.954. The molecule has 1 aromatic rings. The maximum absolute atomic E-state index is 12.3. The van der Waals surface area contributed by atoms with Gasteiger partial charge in [0.1, 0.15) is 5.82 Å². The average molecular weight is 322 g/mol. The van der Waals surface area contributed by atoms with Crippen molar-refractivity contribution in [2.75, 3.05) is 19.7 Å². The lowest BCUT2D eigenvalue weighted by atomic mass is 9.97. The molecule has 1 amide bonds. The van der Waals surface area contributed by atoms with Crippen LogP contribution >= 0.6 is 0 Å². The van der Waals surface area contributed by atoms with Crippen molar-refractivity contribution in [2.24, 2.45) is 7.05 Å². The highest BCUT2D eigenvalue weighted by molar-refractivity contribution is 5.78. The third-order valence-electron chi connectivity index (χ3n) is 4.54. The molecule has 1 fully saturated rings. The Bertz CT molecular complexity index is 467. The molecule has 1 aliphatic carbocycles. The number of rotatable bonds is 7. The number of nitrogens with one attached hydrogen (secondary N) is 1. The SMILES string of the molecule is Cn1ccnc1CN(CCO)CC(=O)NC1CCCCCCC1. The van der Waals surface area contributed by atoms with E-state index in [4.69, 9.17) is 0 Å². The summed E-state index contributed by atoms with van der Waals surface area (Å²) < 4.78 is 1.94. The largest absolute Gasteiger partial charge is 0.395 e. The summed E-state index contributed by atoms with van der Waals surface area (Å²) in [5.41, 5.74) is 0. The number of aryl methyl sites for hydroxylation is 1. The quantitative estimate of drug-likeness (QED) is 0.797. The van der Waals surface area contributed by atoms with Crippen LogP contribution in [0.2, 0.25) is 0 Å². The zero-order valence-electron chi connectivity index (χ0n) is 14.2. The second kappa shape index (κ2) is 9.67. The van der Waals surface area contributed by atoms with Crippen molar-refractivity contribution in [3.8, 4) is 0 Å². The van der Waals surface area contributed by atoms with Crippen LogP contribution < -0.4 is 5.32 Å². The second-order valence-electron chi connectivity index (χ2n) is 6.50. The van der Waals surface area contributed by atoms with Crippen molar-refractivity contribution < 1.29 is 9.90 Å². The van der Waals surface area contributed by atoms with Crippen LogP contribution in [0.1, 0.15) is 50.8 Å². The molecular weight excluding hydrogens is 292 g/mol. The van der Waals surface area contributed by atoms with Gasteiger partial charge in [0.2, 0.25) is 5.91 Å². The number of nitrogens with zero attached hydrogens (tertiary/aromatic N) is 3. The van der Waals surface area contributed by atoms with Crippen molar-refractivity contribution >= 4 is 5.91 Å². The Hall–Kier alpha value is -1.40. The van der Waals surface area contributed by atoms with Gasteiger partial charge in [-0.2, -0.15) is 0 Å². The van der Waals surface area contributed by atoms with E-state index < -0.39 is 0 Å². The van der Waals surface area contributed by atoms with Crippen molar-refractivity contribution in [3.05, 3.63) is 18.2 Å². The predicted molar refractivity (Wildman–Crippen MR) is 89.8 cm³/mol. The van der Waals surface area contributed by atoms with Gasteiger partial charge in [-0.05, 0) is 12.8 Å². The van der Waals surface area contributed by atoms with E-state index in [2.05, 4.69) is 10.3 Å². The smallest absolute Gasteiger partial charge is 0.234 e. The molecule has 1 aliphatic rings. The Morgan fingerprint density at radius 1 is 1.35 bits per heavy atom. The first kappa shape index (κ1) is 17.9. The fourth-order valence-corrected chi connectivity index (χ4v) is 3.18. The molecule has 0 bridgehead atoms.